The van der Waals surface area contributed by atoms with E-state index < -0.39 is 29.8 Å². The van der Waals surface area contributed by atoms with E-state index in [4.69, 9.17) is 0 Å². The molecule has 2 heterocycles. The highest BCUT2D eigenvalue weighted by atomic mass is 19.4. The third-order valence-electron chi connectivity index (χ3n) is 4.37. The van der Waals surface area contributed by atoms with Crippen molar-refractivity contribution >= 4 is 16.8 Å². The summed E-state index contributed by atoms with van der Waals surface area (Å²) in [5.41, 5.74) is -2.52. The van der Waals surface area contributed by atoms with Crippen molar-refractivity contribution in [1.82, 2.24) is 19.4 Å². The molecule has 1 aromatic carbocycles. The fourth-order valence-corrected chi connectivity index (χ4v) is 2.89. The Kier molecular flexibility index (Phi) is 5.53. The van der Waals surface area contributed by atoms with Gasteiger partial charge in [-0.1, -0.05) is 12.1 Å². The molecule has 152 valence electrons. The van der Waals surface area contributed by atoms with Crippen LogP contribution < -0.4 is 11.1 Å². The fraction of sp³-hybridized carbons (Fsp3) is 0.263. The van der Waals surface area contributed by atoms with Crippen molar-refractivity contribution in [3.63, 3.8) is 0 Å². The molecule has 0 unspecified atom stereocenters. The van der Waals surface area contributed by atoms with E-state index >= 15 is 0 Å². The summed E-state index contributed by atoms with van der Waals surface area (Å²) in [5.74, 6) is -0.343. The SMILES string of the molecule is CCN(Cc1nc2ccccc2c(=O)[nH]1)C(=O)Cn1cccc(C(F)(F)F)c1=O. The van der Waals surface area contributed by atoms with Gasteiger partial charge in [0.25, 0.3) is 11.1 Å². The minimum absolute atomic E-state index is 0.0525. The lowest BCUT2D eigenvalue weighted by molar-refractivity contribution is -0.139. The van der Waals surface area contributed by atoms with E-state index in [-0.39, 0.29) is 24.5 Å². The van der Waals surface area contributed by atoms with Crippen LogP contribution in [0.25, 0.3) is 10.9 Å². The minimum Gasteiger partial charge on any atom is -0.334 e. The lowest BCUT2D eigenvalue weighted by atomic mass is 10.2. The smallest absolute Gasteiger partial charge is 0.334 e. The third kappa shape index (κ3) is 4.36. The number of aromatic nitrogens is 3. The normalized spacial score (nSPS) is 11.6. The highest BCUT2D eigenvalue weighted by molar-refractivity contribution is 5.77. The lowest BCUT2D eigenvalue weighted by Crippen LogP contribution is -2.38. The molecule has 1 N–H and O–H groups in total. The van der Waals surface area contributed by atoms with Crippen LogP contribution in [0.5, 0.6) is 0 Å². The summed E-state index contributed by atoms with van der Waals surface area (Å²) < 4.78 is 39.4. The average Bonchev–Trinajstić information content (AvgIpc) is 2.66. The molecule has 3 rings (SSSR count). The Morgan fingerprint density at radius 2 is 1.90 bits per heavy atom. The summed E-state index contributed by atoms with van der Waals surface area (Å²) in [6.45, 7) is 1.27. The lowest BCUT2D eigenvalue weighted by Gasteiger charge is -2.21. The van der Waals surface area contributed by atoms with Crippen molar-refractivity contribution in [2.75, 3.05) is 6.54 Å². The van der Waals surface area contributed by atoms with Crippen LogP contribution in [0.4, 0.5) is 13.2 Å². The molecule has 29 heavy (non-hydrogen) atoms. The van der Waals surface area contributed by atoms with Crippen molar-refractivity contribution in [3.05, 3.63) is 74.7 Å². The third-order valence-corrected chi connectivity index (χ3v) is 4.37. The Bertz CT molecular complexity index is 1170. The molecule has 3 aromatic rings. The summed E-state index contributed by atoms with van der Waals surface area (Å²) in [5, 5.41) is 0.404. The van der Waals surface area contributed by atoms with Crippen LogP contribution in [0.2, 0.25) is 0 Å². The molecule has 7 nitrogen and oxygen atoms in total. The van der Waals surface area contributed by atoms with Gasteiger partial charge >= 0.3 is 6.18 Å². The van der Waals surface area contributed by atoms with Crippen molar-refractivity contribution < 1.29 is 18.0 Å². The Balaban J connectivity index is 1.84. The van der Waals surface area contributed by atoms with E-state index in [1.807, 2.05) is 0 Å². The first-order chi connectivity index (χ1) is 13.7. The van der Waals surface area contributed by atoms with Gasteiger partial charge in [-0.3, -0.25) is 14.4 Å². The molecule has 1 amide bonds. The average molecular weight is 406 g/mol. The number of hydrogen-bond acceptors (Lipinski definition) is 4. The van der Waals surface area contributed by atoms with Gasteiger partial charge in [0, 0.05) is 12.7 Å². The molecule has 0 spiro atoms. The van der Waals surface area contributed by atoms with Gasteiger partial charge in [0.15, 0.2) is 0 Å². The van der Waals surface area contributed by atoms with Crippen LogP contribution in [-0.2, 0) is 24.1 Å². The fourth-order valence-electron chi connectivity index (χ4n) is 2.89. The highest BCUT2D eigenvalue weighted by Gasteiger charge is 2.34. The number of carbonyl (C=O) groups is 1. The molecule has 0 atom stereocenters. The van der Waals surface area contributed by atoms with Gasteiger partial charge < -0.3 is 14.5 Å². The monoisotopic (exact) mass is 406 g/mol. The number of nitrogens with one attached hydrogen (secondary N) is 1. The number of alkyl halides is 3. The number of halogens is 3. The Hall–Kier alpha value is -3.43. The number of amides is 1. The molecule has 0 fully saturated rings. The van der Waals surface area contributed by atoms with Gasteiger partial charge in [0.1, 0.15) is 17.9 Å². The maximum Gasteiger partial charge on any atom is 0.421 e. The van der Waals surface area contributed by atoms with Crippen LogP contribution in [0.1, 0.15) is 18.3 Å². The molecular formula is C19H17F3N4O3. The number of benzene rings is 1. The Morgan fingerprint density at radius 3 is 2.59 bits per heavy atom. The molecule has 0 aliphatic heterocycles. The Labute approximate surface area is 162 Å². The van der Waals surface area contributed by atoms with Gasteiger partial charge in [0.2, 0.25) is 5.91 Å². The van der Waals surface area contributed by atoms with Crippen LogP contribution in [0, 0.1) is 0 Å². The van der Waals surface area contributed by atoms with Crippen molar-refractivity contribution in [2.45, 2.75) is 26.2 Å². The van der Waals surface area contributed by atoms with Gasteiger partial charge in [0.05, 0.1) is 17.4 Å². The second-order valence-electron chi connectivity index (χ2n) is 6.29. The van der Waals surface area contributed by atoms with Gasteiger partial charge in [-0.25, -0.2) is 4.98 Å². The second-order valence-corrected chi connectivity index (χ2v) is 6.29. The summed E-state index contributed by atoms with van der Waals surface area (Å²) in [7, 11) is 0. The first-order valence-electron chi connectivity index (χ1n) is 8.73. The van der Waals surface area contributed by atoms with Crippen LogP contribution in [0.15, 0.2) is 52.2 Å². The number of aromatic amines is 1. The standard InChI is InChI=1S/C19H17F3N4O3/c1-2-25(10-15-23-14-8-4-3-6-12(14)17(28)24-15)16(27)11-26-9-5-7-13(18(26)29)19(20,21)22/h3-9H,2,10-11H2,1H3,(H,23,24,28). The number of pyridine rings is 1. The number of fused-ring (bicyclic) bond motifs is 1. The van der Waals surface area contributed by atoms with Crippen LogP contribution in [-0.4, -0.2) is 31.9 Å². The first-order valence-corrected chi connectivity index (χ1v) is 8.73. The minimum atomic E-state index is -4.80. The molecule has 2 aromatic heterocycles. The van der Waals surface area contributed by atoms with E-state index in [2.05, 4.69) is 9.97 Å². The molecule has 0 saturated carbocycles. The molecule has 0 aliphatic carbocycles. The Morgan fingerprint density at radius 1 is 1.17 bits per heavy atom. The van der Waals surface area contributed by atoms with Gasteiger partial charge in [-0.15, -0.1) is 0 Å². The number of hydrogen-bond donors (Lipinski definition) is 1. The molecular weight excluding hydrogens is 389 g/mol. The molecule has 0 bridgehead atoms. The quantitative estimate of drug-likeness (QED) is 0.703. The molecule has 0 aliphatic rings. The molecule has 10 heteroatoms. The number of H-pyrrole nitrogens is 1. The van der Waals surface area contributed by atoms with E-state index in [1.54, 1.807) is 31.2 Å². The number of nitrogens with zero attached hydrogens (tertiary/aromatic N) is 3. The predicted molar refractivity (Wildman–Crippen MR) is 99.2 cm³/mol. The number of carbonyl (C=O) groups excluding carboxylic acids is 1. The first kappa shape index (κ1) is 20.3. The van der Waals surface area contributed by atoms with Gasteiger partial charge in [-0.2, -0.15) is 13.2 Å². The summed E-state index contributed by atoms with van der Waals surface area (Å²) in [6.07, 6.45) is -3.68. The summed E-state index contributed by atoms with van der Waals surface area (Å²) in [4.78, 5) is 45.0. The number of rotatable bonds is 5. The maximum atomic E-state index is 12.9. The number of para-hydroxylation sites is 1. The topological polar surface area (TPSA) is 88.1 Å². The van der Waals surface area contributed by atoms with E-state index in [0.29, 0.717) is 21.5 Å². The van der Waals surface area contributed by atoms with Crippen molar-refractivity contribution in [3.8, 4) is 0 Å². The van der Waals surface area contributed by atoms with Crippen LogP contribution >= 0.6 is 0 Å². The zero-order chi connectivity index (χ0) is 21.2. The zero-order valence-electron chi connectivity index (χ0n) is 15.4. The van der Waals surface area contributed by atoms with Crippen molar-refractivity contribution in [1.29, 1.82) is 0 Å². The van der Waals surface area contributed by atoms with Gasteiger partial charge in [-0.05, 0) is 31.2 Å². The maximum absolute atomic E-state index is 12.9. The van der Waals surface area contributed by atoms with E-state index in [0.717, 1.165) is 12.3 Å². The molecule has 0 radical (unpaired) electrons. The van der Waals surface area contributed by atoms with E-state index in [1.165, 1.54) is 4.90 Å². The second kappa shape index (κ2) is 7.90. The highest BCUT2D eigenvalue weighted by Crippen LogP contribution is 2.26. The molecule has 0 saturated heterocycles. The number of likely N-dealkylation sites (N-methyl/N-ethyl adjacent to an activating group) is 1. The summed E-state index contributed by atoms with van der Waals surface area (Å²) in [6, 6.07) is 8.44. The summed E-state index contributed by atoms with van der Waals surface area (Å²) >= 11 is 0. The van der Waals surface area contributed by atoms with E-state index in [9.17, 15) is 27.6 Å². The van der Waals surface area contributed by atoms with Crippen LogP contribution in [0.3, 0.4) is 0 Å². The van der Waals surface area contributed by atoms with Crippen molar-refractivity contribution in [2.24, 2.45) is 0 Å². The predicted octanol–water partition coefficient (Wildman–Crippen LogP) is 2.15. The zero-order valence-corrected chi connectivity index (χ0v) is 15.4. The largest absolute Gasteiger partial charge is 0.421 e.